The smallest absolute Gasteiger partial charge is 0.258 e. The van der Waals surface area contributed by atoms with Crippen molar-refractivity contribution in [3.8, 4) is 0 Å². The van der Waals surface area contributed by atoms with Gasteiger partial charge in [0.2, 0.25) is 0 Å². The van der Waals surface area contributed by atoms with E-state index in [1.165, 1.54) is 5.56 Å². The first-order chi connectivity index (χ1) is 14.2. The molecule has 0 unspecified atom stereocenters. The number of fused-ring (bicyclic) bond motifs is 1. The molecular weight excluding hydrogens is 368 g/mol. The van der Waals surface area contributed by atoms with E-state index in [4.69, 9.17) is 9.47 Å². The topological polar surface area (TPSA) is 59.1 Å². The SMILES string of the molecule is O=C(c1cccc(C(=O)N2CCc3ccccc32)c1)N1CCC2(CC1)OCCO2. The number of benzene rings is 2. The van der Waals surface area contributed by atoms with Crippen LogP contribution >= 0.6 is 0 Å². The molecule has 0 radical (unpaired) electrons. The summed E-state index contributed by atoms with van der Waals surface area (Å²) < 4.78 is 11.5. The molecule has 2 fully saturated rings. The molecule has 3 aliphatic heterocycles. The van der Waals surface area contributed by atoms with Crippen LogP contribution in [0.15, 0.2) is 48.5 Å². The molecule has 6 heteroatoms. The van der Waals surface area contributed by atoms with Gasteiger partial charge in [-0.1, -0.05) is 24.3 Å². The van der Waals surface area contributed by atoms with Crippen LogP contribution in [0.5, 0.6) is 0 Å². The molecular formula is C23H24N2O4. The number of carbonyl (C=O) groups is 2. The van der Waals surface area contributed by atoms with Crippen molar-refractivity contribution in [3.05, 3.63) is 65.2 Å². The predicted octanol–water partition coefficient (Wildman–Crippen LogP) is 2.87. The van der Waals surface area contributed by atoms with Gasteiger partial charge in [0, 0.05) is 49.3 Å². The van der Waals surface area contributed by atoms with Gasteiger partial charge in [0.25, 0.3) is 11.8 Å². The van der Waals surface area contributed by atoms with Crippen molar-refractivity contribution >= 4 is 17.5 Å². The summed E-state index contributed by atoms with van der Waals surface area (Å²) in [6.45, 7) is 3.10. The molecule has 2 aromatic carbocycles. The van der Waals surface area contributed by atoms with Gasteiger partial charge in [-0.15, -0.1) is 0 Å². The number of likely N-dealkylation sites (tertiary alicyclic amines) is 1. The predicted molar refractivity (Wildman–Crippen MR) is 108 cm³/mol. The van der Waals surface area contributed by atoms with Gasteiger partial charge < -0.3 is 19.3 Å². The lowest BCUT2D eigenvalue weighted by atomic mass is 10.0. The highest BCUT2D eigenvalue weighted by atomic mass is 16.7. The van der Waals surface area contributed by atoms with Crippen LogP contribution in [0.25, 0.3) is 0 Å². The summed E-state index contributed by atoms with van der Waals surface area (Å²) >= 11 is 0. The van der Waals surface area contributed by atoms with E-state index in [-0.39, 0.29) is 11.8 Å². The normalized spacial score (nSPS) is 20.1. The molecule has 0 aromatic heterocycles. The van der Waals surface area contributed by atoms with Crippen molar-refractivity contribution in [3.63, 3.8) is 0 Å². The Morgan fingerprint density at radius 3 is 2.28 bits per heavy atom. The van der Waals surface area contributed by atoms with Crippen molar-refractivity contribution < 1.29 is 19.1 Å². The van der Waals surface area contributed by atoms with Gasteiger partial charge in [-0.2, -0.15) is 0 Å². The number of piperidine rings is 1. The maximum atomic E-state index is 13.1. The molecule has 0 saturated carbocycles. The second-order valence-electron chi connectivity index (χ2n) is 7.82. The number of rotatable bonds is 2. The first kappa shape index (κ1) is 18.3. The lowest BCUT2D eigenvalue weighted by molar-refractivity contribution is -0.181. The van der Waals surface area contributed by atoms with E-state index in [2.05, 4.69) is 6.07 Å². The van der Waals surface area contributed by atoms with Crippen LogP contribution in [0.3, 0.4) is 0 Å². The summed E-state index contributed by atoms with van der Waals surface area (Å²) in [7, 11) is 0. The van der Waals surface area contributed by atoms with E-state index in [0.717, 1.165) is 12.1 Å². The van der Waals surface area contributed by atoms with Crippen LogP contribution in [0, 0.1) is 0 Å². The molecule has 0 aliphatic carbocycles. The fraction of sp³-hybridized carbons (Fsp3) is 0.391. The highest BCUT2D eigenvalue weighted by Crippen LogP contribution is 2.32. The number of ether oxygens (including phenoxy) is 2. The second kappa shape index (κ2) is 7.28. The van der Waals surface area contributed by atoms with Gasteiger partial charge in [-0.05, 0) is 36.2 Å². The molecule has 2 saturated heterocycles. The monoisotopic (exact) mass is 392 g/mol. The Kier molecular flexibility index (Phi) is 4.60. The highest BCUT2D eigenvalue weighted by molar-refractivity contribution is 6.08. The number of hydrogen-bond acceptors (Lipinski definition) is 4. The quantitative estimate of drug-likeness (QED) is 0.789. The minimum atomic E-state index is -0.502. The Morgan fingerprint density at radius 1 is 0.828 bits per heavy atom. The number of para-hydroxylation sites is 1. The number of hydrogen-bond donors (Lipinski definition) is 0. The third-order valence-electron chi connectivity index (χ3n) is 6.11. The van der Waals surface area contributed by atoms with Crippen molar-refractivity contribution in [1.82, 2.24) is 4.90 Å². The Hall–Kier alpha value is -2.70. The first-order valence-corrected chi connectivity index (χ1v) is 10.2. The maximum absolute atomic E-state index is 13.1. The van der Waals surface area contributed by atoms with Gasteiger partial charge in [-0.3, -0.25) is 9.59 Å². The zero-order valence-electron chi connectivity index (χ0n) is 16.3. The fourth-order valence-electron chi connectivity index (χ4n) is 4.51. The molecule has 2 amide bonds. The Balaban J connectivity index is 1.31. The minimum absolute atomic E-state index is 0.0469. The molecule has 0 atom stereocenters. The van der Waals surface area contributed by atoms with E-state index < -0.39 is 5.79 Å². The number of anilines is 1. The number of amides is 2. The molecule has 0 bridgehead atoms. The molecule has 6 nitrogen and oxygen atoms in total. The summed E-state index contributed by atoms with van der Waals surface area (Å²) in [4.78, 5) is 29.7. The summed E-state index contributed by atoms with van der Waals surface area (Å²) in [5.74, 6) is -0.609. The van der Waals surface area contributed by atoms with E-state index in [0.29, 0.717) is 56.8 Å². The van der Waals surface area contributed by atoms with E-state index in [1.807, 2.05) is 23.1 Å². The van der Waals surface area contributed by atoms with Crippen LogP contribution in [0.1, 0.15) is 39.1 Å². The highest BCUT2D eigenvalue weighted by Gasteiger charge is 2.41. The Morgan fingerprint density at radius 2 is 1.52 bits per heavy atom. The van der Waals surface area contributed by atoms with Crippen LogP contribution in [-0.2, 0) is 15.9 Å². The maximum Gasteiger partial charge on any atom is 0.258 e. The third-order valence-corrected chi connectivity index (χ3v) is 6.11. The molecule has 29 heavy (non-hydrogen) atoms. The molecule has 0 N–H and O–H groups in total. The first-order valence-electron chi connectivity index (χ1n) is 10.2. The summed E-state index contributed by atoms with van der Waals surface area (Å²) in [6.07, 6.45) is 2.23. The van der Waals surface area contributed by atoms with Gasteiger partial charge in [0.15, 0.2) is 5.79 Å². The van der Waals surface area contributed by atoms with Crippen LogP contribution in [0.4, 0.5) is 5.69 Å². The Labute approximate surface area is 170 Å². The molecule has 5 rings (SSSR count). The summed E-state index contributed by atoms with van der Waals surface area (Å²) in [5, 5.41) is 0. The summed E-state index contributed by atoms with van der Waals surface area (Å²) in [6, 6.07) is 15.1. The van der Waals surface area contributed by atoms with Crippen LogP contribution in [-0.4, -0.2) is 55.3 Å². The van der Waals surface area contributed by atoms with Gasteiger partial charge in [-0.25, -0.2) is 0 Å². The van der Waals surface area contributed by atoms with Crippen LogP contribution < -0.4 is 4.90 Å². The van der Waals surface area contributed by atoms with Crippen molar-refractivity contribution in [2.24, 2.45) is 0 Å². The van der Waals surface area contributed by atoms with Crippen molar-refractivity contribution in [2.75, 3.05) is 37.7 Å². The zero-order valence-corrected chi connectivity index (χ0v) is 16.3. The average molecular weight is 392 g/mol. The minimum Gasteiger partial charge on any atom is -0.347 e. The van der Waals surface area contributed by atoms with Gasteiger partial charge in [0.1, 0.15) is 0 Å². The standard InChI is InChI=1S/C23H24N2O4/c26-21(24-12-9-23(10-13-24)28-14-15-29-23)18-5-3-6-19(16-18)22(27)25-11-8-17-4-1-2-7-20(17)25/h1-7,16H,8-15H2. The van der Waals surface area contributed by atoms with Crippen molar-refractivity contribution in [1.29, 1.82) is 0 Å². The lowest BCUT2D eigenvalue weighted by Crippen LogP contribution is -2.47. The molecule has 150 valence electrons. The third kappa shape index (κ3) is 3.32. The fourth-order valence-corrected chi connectivity index (χ4v) is 4.51. The van der Waals surface area contributed by atoms with Crippen LogP contribution in [0.2, 0.25) is 0 Å². The van der Waals surface area contributed by atoms with Gasteiger partial charge in [0.05, 0.1) is 13.2 Å². The van der Waals surface area contributed by atoms with E-state index in [9.17, 15) is 9.59 Å². The number of nitrogens with zero attached hydrogens (tertiary/aromatic N) is 2. The van der Waals surface area contributed by atoms with Crippen molar-refractivity contribution in [2.45, 2.75) is 25.0 Å². The zero-order chi connectivity index (χ0) is 19.8. The van der Waals surface area contributed by atoms with Gasteiger partial charge >= 0.3 is 0 Å². The molecule has 2 aromatic rings. The second-order valence-corrected chi connectivity index (χ2v) is 7.82. The average Bonchev–Trinajstić information content (AvgIpc) is 3.41. The molecule has 3 aliphatic rings. The summed E-state index contributed by atoms with van der Waals surface area (Å²) in [5.41, 5.74) is 3.25. The Bertz CT molecular complexity index is 941. The van der Waals surface area contributed by atoms with E-state index in [1.54, 1.807) is 29.2 Å². The molecule has 3 heterocycles. The largest absolute Gasteiger partial charge is 0.347 e. The molecule has 1 spiro atoms. The number of carbonyl (C=O) groups excluding carboxylic acids is 2. The van der Waals surface area contributed by atoms with E-state index >= 15 is 0 Å². The lowest BCUT2D eigenvalue weighted by Gasteiger charge is -2.37.